The van der Waals surface area contributed by atoms with E-state index in [1.807, 2.05) is 14.1 Å². The first kappa shape index (κ1) is 18.5. The summed E-state index contributed by atoms with van der Waals surface area (Å²) in [5, 5.41) is 8.20. The summed E-state index contributed by atoms with van der Waals surface area (Å²) in [6.45, 7) is 2.97. The summed E-state index contributed by atoms with van der Waals surface area (Å²) in [5.41, 5.74) is 4.95. The van der Waals surface area contributed by atoms with E-state index in [0.29, 0.717) is 19.6 Å². The summed E-state index contributed by atoms with van der Waals surface area (Å²) >= 11 is 0. The van der Waals surface area contributed by atoms with Crippen molar-refractivity contribution in [2.24, 2.45) is 5.73 Å². The van der Waals surface area contributed by atoms with Gasteiger partial charge in [0.1, 0.15) is 0 Å². The lowest BCUT2D eigenvalue weighted by Crippen LogP contribution is -2.37. The first-order chi connectivity index (χ1) is 9.52. The first-order valence-corrected chi connectivity index (χ1v) is 7.22. The molecule has 4 amide bonds. The normalized spacial score (nSPS) is 10.3. The van der Waals surface area contributed by atoms with E-state index in [4.69, 9.17) is 5.73 Å². The molecule has 0 bridgehead atoms. The molecule has 0 rings (SSSR count). The third-order valence-corrected chi connectivity index (χ3v) is 2.76. The van der Waals surface area contributed by atoms with Crippen molar-refractivity contribution in [3.63, 3.8) is 0 Å². The lowest BCUT2D eigenvalue weighted by Gasteiger charge is -2.10. The van der Waals surface area contributed by atoms with Gasteiger partial charge in [0.25, 0.3) is 0 Å². The SMILES string of the molecule is CN(C)CCCNC(=O)NCCCCCCNC(N)=O. The third kappa shape index (κ3) is 14.6. The molecule has 0 aliphatic rings. The monoisotopic (exact) mass is 287 g/mol. The molecule has 5 N–H and O–H groups in total. The Morgan fingerprint density at radius 1 is 0.850 bits per heavy atom. The van der Waals surface area contributed by atoms with Crippen LogP contribution in [0.4, 0.5) is 9.59 Å². The van der Waals surface area contributed by atoms with Gasteiger partial charge in [-0.15, -0.1) is 0 Å². The number of nitrogens with zero attached hydrogens (tertiary/aromatic N) is 1. The van der Waals surface area contributed by atoms with Gasteiger partial charge in [0.15, 0.2) is 0 Å². The van der Waals surface area contributed by atoms with Gasteiger partial charge in [-0.2, -0.15) is 0 Å². The van der Waals surface area contributed by atoms with E-state index in [1.54, 1.807) is 0 Å². The van der Waals surface area contributed by atoms with Gasteiger partial charge in [-0.3, -0.25) is 0 Å². The number of hydrogen-bond acceptors (Lipinski definition) is 3. The Morgan fingerprint density at radius 3 is 1.85 bits per heavy atom. The van der Waals surface area contributed by atoms with Crippen LogP contribution in [0, 0.1) is 0 Å². The number of nitrogens with one attached hydrogen (secondary N) is 3. The van der Waals surface area contributed by atoms with Gasteiger partial charge in [-0.1, -0.05) is 12.8 Å². The van der Waals surface area contributed by atoms with E-state index in [2.05, 4.69) is 20.9 Å². The van der Waals surface area contributed by atoms with Gasteiger partial charge in [0.05, 0.1) is 0 Å². The quantitative estimate of drug-likeness (QED) is 0.416. The number of rotatable bonds is 11. The van der Waals surface area contributed by atoms with Crippen molar-refractivity contribution in [1.29, 1.82) is 0 Å². The average Bonchev–Trinajstić information content (AvgIpc) is 2.37. The Kier molecular flexibility index (Phi) is 11.6. The van der Waals surface area contributed by atoms with E-state index >= 15 is 0 Å². The lowest BCUT2D eigenvalue weighted by atomic mass is 10.2. The minimum absolute atomic E-state index is 0.0980. The Labute approximate surface area is 121 Å². The molecular formula is C13H29N5O2. The summed E-state index contributed by atoms with van der Waals surface area (Å²) in [4.78, 5) is 23.9. The second-order valence-corrected chi connectivity index (χ2v) is 5.04. The van der Waals surface area contributed by atoms with Crippen LogP contribution in [0.5, 0.6) is 0 Å². The second-order valence-electron chi connectivity index (χ2n) is 5.04. The second kappa shape index (κ2) is 12.5. The lowest BCUT2D eigenvalue weighted by molar-refractivity contribution is 0.239. The molecule has 0 aromatic heterocycles. The maximum absolute atomic E-state index is 11.4. The predicted octanol–water partition coefficient (Wildman–Crippen LogP) is 0.466. The largest absolute Gasteiger partial charge is 0.352 e. The van der Waals surface area contributed by atoms with Crippen LogP contribution in [-0.4, -0.2) is 57.2 Å². The van der Waals surface area contributed by atoms with Gasteiger partial charge >= 0.3 is 12.1 Å². The van der Waals surface area contributed by atoms with Crippen molar-refractivity contribution in [3.05, 3.63) is 0 Å². The molecule has 0 aromatic carbocycles. The first-order valence-electron chi connectivity index (χ1n) is 7.22. The van der Waals surface area contributed by atoms with Crippen LogP contribution >= 0.6 is 0 Å². The minimum Gasteiger partial charge on any atom is -0.352 e. The molecule has 0 aromatic rings. The molecular weight excluding hydrogens is 258 g/mol. The topological polar surface area (TPSA) is 99.5 Å². The smallest absolute Gasteiger partial charge is 0.314 e. The average molecular weight is 287 g/mol. The van der Waals surface area contributed by atoms with Gasteiger partial charge < -0.3 is 26.6 Å². The fourth-order valence-corrected chi connectivity index (χ4v) is 1.68. The number of urea groups is 2. The zero-order chi connectivity index (χ0) is 15.2. The molecule has 0 atom stereocenters. The van der Waals surface area contributed by atoms with Crippen LogP contribution in [0.25, 0.3) is 0 Å². The zero-order valence-corrected chi connectivity index (χ0v) is 12.7. The van der Waals surface area contributed by atoms with E-state index in [1.165, 1.54) is 0 Å². The highest BCUT2D eigenvalue weighted by Crippen LogP contribution is 1.97. The molecule has 20 heavy (non-hydrogen) atoms. The van der Waals surface area contributed by atoms with Crippen molar-refractivity contribution >= 4 is 12.1 Å². The summed E-state index contributed by atoms with van der Waals surface area (Å²) in [5.74, 6) is 0. The number of nitrogens with two attached hydrogens (primary N) is 1. The number of primary amides is 1. The van der Waals surface area contributed by atoms with Crippen LogP contribution < -0.4 is 21.7 Å². The Morgan fingerprint density at radius 2 is 1.35 bits per heavy atom. The van der Waals surface area contributed by atoms with Crippen molar-refractivity contribution < 1.29 is 9.59 Å². The van der Waals surface area contributed by atoms with E-state index in [9.17, 15) is 9.59 Å². The van der Waals surface area contributed by atoms with Crippen LogP contribution in [0.3, 0.4) is 0 Å². The molecule has 7 heteroatoms. The maximum Gasteiger partial charge on any atom is 0.314 e. The Bertz CT molecular complexity index is 271. The third-order valence-electron chi connectivity index (χ3n) is 2.76. The van der Waals surface area contributed by atoms with Gasteiger partial charge in [-0.05, 0) is 39.9 Å². The molecule has 0 heterocycles. The highest BCUT2D eigenvalue weighted by atomic mass is 16.2. The van der Waals surface area contributed by atoms with Crippen LogP contribution in [0.15, 0.2) is 0 Å². The van der Waals surface area contributed by atoms with Gasteiger partial charge in [-0.25, -0.2) is 9.59 Å². The molecule has 7 nitrogen and oxygen atoms in total. The van der Waals surface area contributed by atoms with Crippen molar-refractivity contribution in [1.82, 2.24) is 20.9 Å². The molecule has 0 unspecified atom stereocenters. The number of carbonyl (C=O) groups excluding carboxylic acids is 2. The minimum atomic E-state index is -0.474. The summed E-state index contributed by atoms with van der Waals surface area (Å²) < 4.78 is 0. The molecule has 0 aliphatic carbocycles. The fraction of sp³-hybridized carbons (Fsp3) is 0.846. The number of hydrogen-bond donors (Lipinski definition) is 4. The summed E-state index contributed by atoms with van der Waals surface area (Å²) in [7, 11) is 4.03. The fourth-order valence-electron chi connectivity index (χ4n) is 1.68. The van der Waals surface area contributed by atoms with Gasteiger partial charge in [0, 0.05) is 19.6 Å². The Balaban J connectivity index is 3.21. The maximum atomic E-state index is 11.4. The molecule has 118 valence electrons. The predicted molar refractivity (Wildman–Crippen MR) is 80.6 cm³/mol. The number of unbranched alkanes of at least 4 members (excludes halogenated alkanes) is 3. The Hall–Kier alpha value is -1.50. The summed E-state index contributed by atoms with van der Waals surface area (Å²) in [6, 6.07) is -0.572. The molecule has 0 saturated carbocycles. The van der Waals surface area contributed by atoms with E-state index in [-0.39, 0.29) is 6.03 Å². The zero-order valence-electron chi connectivity index (χ0n) is 12.7. The van der Waals surface area contributed by atoms with Crippen LogP contribution in [0.2, 0.25) is 0 Å². The molecule has 0 aliphatic heterocycles. The highest BCUT2D eigenvalue weighted by molar-refractivity contribution is 5.73. The van der Waals surface area contributed by atoms with Gasteiger partial charge in [0.2, 0.25) is 0 Å². The van der Waals surface area contributed by atoms with Crippen LogP contribution in [-0.2, 0) is 0 Å². The number of amides is 4. The van der Waals surface area contributed by atoms with Crippen LogP contribution in [0.1, 0.15) is 32.1 Å². The molecule has 0 saturated heterocycles. The molecule has 0 fully saturated rings. The molecule has 0 spiro atoms. The van der Waals surface area contributed by atoms with Crippen molar-refractivity contribution in [2.75, 3.05) is 40.3 Å². The molecule has 0 radical (unpaired) electrons. The van der Waals surface area contributed by atoms with E-state index in [0.717, 1.165) is 38.6 Å². The van der Waals surface area contributed by atoms with E-state index < -0.39 is 6.03 Å². The standard InChI is InChI=1S/C13H29N5O2/c1-18(2)11-7-10-17-13(20)16-9-6-4-3-5-8-15-12(14)19/h3-11H2,1-2H3,(H3,14,15,19)(H2,16,17,20). The highest BCUT2D eigenvalue weighted by Gasteiger charge is 1.99. The van der Waals surface area contributed by atoms with Crippen molar-refractivity contribution in [3.8, 4) is 0 Å². The van der Waals surface area contributed by atoms with Crippen molar-refractivity contribution in [2.45, 2.75) is 32.1 Å². The number of carbonyl (C=O) groups is 2. The summed E-state index contributed by atoms with van der Waals surface area (Å²) in [6.07, 6.45) is 4.86.